The van der Waals surface area contributed by atoms with Crippen LogP contribution < -0.4 is 4.74 Å². The zero-order chi connectivity index (χ0) is 18.6. The molecule has 2 rings (SSSR count). The van der Waals surface area contributed by atoms with Crippen LogP contribution in [0.1, 0.15) is 26.3 Å². The zero-order valence-corrected chi connectivity index (χ0v) is 15.8. The normalized spacial score (nSPS) is 16.0. The highest BCUT2D eigenvalue weighted by Gasteiger charge is 2.34. The first kappa shape index (κ1) is 19.3. The number of hydrogen-bond donors (Lipinski definition) is 1. The molecule has 1 N–H and O–H groups in total. The average molecular weight is 381 g/mol. The van der Waals surface area contributed by atoms with Gasteiger partial charge in [-0.3, -0.25) is 14.5 Å². The van der Waals surface area contributed by atoms with E-state index in [4.69, 9.17) is 21.7 Å². The number of hydrogen-bond acceptors (Lipinski definition) is 7. The van der Waals surface area contributed by atoms with Crippen LogP contribution >= 0.6 is 24.0 Å². The Bertz CT molecular complexity index is 730. The molecule has 1 fully saturated rings. The van der Waals surface area contributed by atoms with Crippen LogP contribution in [-0.4, -0.2) is 45.5 Å². The van der Waals surface area contributed by atoms with Crippen molar-refractivity contribution < 1.29 is 24.2 Å². The van der Waals surface area contributed by atoms with Crippen LogP contribution in [0.5, 0.6) is 11.5 Å². The smallest absolute Gasteiger partial charge is 0.326 e. The van der Waals surface area contributed by atoms with E-state index < -0.39 is 5.97 Å². The van der Waals surface area contributed by atoms with Gasteiger partial charge in [-0.15, -0.1) is 0 Å². The van der Waals surface area contributed by atoms with Crippen molar-refractivity contribution in [3.8, 4) is 11.5 Å². The van der Waals surface area contributed by atoms with Gasteiger partial charge in [0.1, 0.15) is 10.9 Å². The van der Waals surface area contributed by atoms with E-state index in [1.807, 2.05) is 6.92 Å². The Hall–Kier alpha value is -2.06. The number of nitrogens with zero attached hydrogens (tertiary/aromatic N) is 1. The van der Waals surface area contributed by atoms with Gasteiger partial charge in [-0.25, -0.2) is 0 Å². The Kier molecular flexibility index (Phi) is 6.44. The summed E-state index contributed by atoms with van der Waals surface area (Å²) in [6.07, 6.45) is 1.39. The number of aromatic hydroxyl groups is 1. The number of esters is 1. The Balaban J connectivity index is 2.17. The second-order valence-corrected chi connectivity index (χ2v) is 7.14. The van der Waals surface area contributed by atoms with E-state index >= 15 is 0 Å². The summed E-state index contributed by atoms with van der Waals surface area (Å²) < 4.78 is 10.7. The molecule has 1 aromatic rings. The van der Waals surface area contributed by atoms with E-state index in [0.717, 1.165) is 11.8 Å². The standard InChI is InChI=1S/C17H19NO5S2/c1-4-22-13-7-11(5-6-12(13)19)8-14-16(21)18(17(24)25-14)9-15(20)23-10(2)3/h5-8,10,19H,4,9H2,1-3H3/b14-8-. The molecule has 25 heavy (non-hydrogen) atoms. The second-order valence-electron chi connectivity index (χ2n) is 5.47. The highest BCUT2D eigenvalue weighted by molar-refractivity contribution is 8.26. The van der Waals surface area contributed by atoms with Crippen LogP contribution in [0.3, 0.4) is 0 Å². The minimum absolute atomic E-state index is 0.0305. The van der Waals surface area contributed by atoms with Crippen molar-refractivity contribution in [1.82, 2.24) is 4.90 Å². The van der Waals surface area contributed by atoms with Crippen LogP contribution in [0.15, 0.2) is 23.1 Å². The predicted octanol–water partition coefficient (Wildman–Crippen LogP) is 2.94. The van der Waals surface area contributed by atoms with Gasteiger partial charge in [-0.05, 0) is 44.5 Å². The molecule has 0 aromatic heterocycles. The molecule has 6 nitrogen and oxygen atoms in total. The number of carbonyl (C=O) groups is 2. The molecule has 0 atom stereocenters. The Morgan fingerprint density at radius 1 is 1.44 bits per heavy atom. The molecule has 0 bridgehead atoms. The van der Waals surface area contributed by atoms with Crippen molar-refractivity contribution in [3.05, 3.63) is 28.7 Å². The van der Waals surface area contributed by atoms with Gasteiger partial charge in [0.25, 0.3) is 5.91 Å². The lowest BCUT2D eigenvalue weighted by Gasteiger charge is -2.14. The summed E-state index contributed by atoms with van der Waals surface area (Å²) in [6, 6.07) is 4.80. The fourth-order valence-corrected chi connectivity index (χ4v) is 3.36. The summed E-state index contributed by atoms with van der Waals surface area (Å²) in [5.41, 5.74) is 0.687. The van der Waals surface area contributed by atoms with E-state index in [0.29, 0.717) is 27.1 Å². The van der Waals surface area contributed by atoms with Crippen LogP contribution in [0.25, 0.3) is 6.08 Å². The van der Waals surface area contributed by atoms with Crippen molar-refractivity contribution in [2.75, 3.05) is 13.2 Å². The maximum absolute atomic E-state index is 12.5. The molecule has 1 aliphatic rings. The third kappa shape index (κ3) is 4.96. The molecular weight excluding hydrogens is 362 g/mol. The van der Waals surface area contributed by atoms with Crippen LogP contribution in [0.2, 0.25) is 0 Å². The number of phenolic OH excluding ortho intramolecular Hbond substituents is 1. The lowest BCUT2D eigenvalue weighted by molar-refractivity contribution is -0.149. The molecule has 1 aromatic carbocycles. The third-order valence-electron chi connectivity index (χ3n) is 3.11. The molecular formula is C17H19NO5S2. The molecule has 134 valence electrons. The van der Waals surface area contributed by atoms with Gasteiger partial charge in [0.05, 0.1) is 17.6 Å². The van der Waals surface area contributed by atoms with Crippen LogP contribution in [0.4, 0.5) is 0 Å². The first-order chi connectivity index (χ1) is 11.8. The minimum Gasteiger partial charge on any atom is -0.504 e. The zero-order valence-electron chi connectivity index (χ0n) is 14.1. The summed E-state index contributed by atoms with van der Waals surface area (Å²) >= 11 is 6.30. The molecule has 0 unspecified atom stereocenters. The molecule has 1 saturated heterocycles. The Morgan fingerprint density at radius 2 is 2.16 bits per heavy atom. The number of ether oxygens (including phenoxy) is 2. The topological polar surface area (TPSA) is 76.1 Å². The van der Waals surface area contributed by atoms with E-state index in [9.17, 15) is 14.7 Å². The maximum Gasteiger partial charge on any atom is 0.326 e. The summed E-state index contributed by atoms with van der Waals surface area (Å²) in [5.74, 6) is -0.479. The summed E-state index contributed by atoms with van der Waals surface area (Å²) in [6.45, 7) is 5.50. The monoisotopic (exact) mass is 381 g/mol. The second kappa shape index (κ2) is 8.35. The van der Waals surface area contributed by atoms with E-state index in [-0.39, 0.29) is 24.3 Å². The molecule has 0 spiro atoms. The summed E-state index contributed by atoms with van der Waals surface area (Å²) in [7, 11) is 0. The van der Waals surface area contributed by atoms with E-state index in [1.165, 1.54) is 11.0 Å². The molecule has 0 saturated carbocycles. The lowest BCUT2D eigenvalue weighted by atomic mass is 10.2. The van der Waals surface area contributed by atoms with Gasteiger partial charge in [0.15, 0.2) is 11.5 Å². The summed E-state index contributed by atoms with van der Waals surface area (Å²) in [5, 5.41) is 9.74. The fourth-order valence-electron chi connectivity index (χ4n) is 2.11. The number of carbonyl (C=O) groups excluding carboxylic acids is 2. The number of thioether (sulfide) groups is 1. The number of benzene rings is 1. The molecule has 0 radical (unpaired) electrons. The molecule has 8 heteroatoms. The highest BCUT2D eigenvalue weighted by Crippen LogP contribution is 2.34. The molecule has 1 heterocycles. The Labute approximate surface area is 155 Å². The van der Waals surface area contributed by atoms with Crippen LogP contribution in [0, 0.1) is 0 Å². The van der Waals surface area contributed by atoms with Crippen molar-refractivity contribution in [3.63, 3.8) is 0 Å². The van der Waals surface area contributed by atoms with Gasteiger partial charge in [0.2, 0.25) is 0 Å². The molecule has 1 aliphatic heterocycles. The first-order valence-corrected chi connectivity index (χ1v) is 8.95. The van der Waals surface area contributed by atoms with Gasteiger partial charge in [0, 0.05) is 0 Å². The maximum atomic E-state index is 12.5. The SMILES string of the molecule is CCOc1cc(/C=C2\SC(=S)N(CC(=O)OC(C)C)C2=O)ccc1O. The lowest BCUT2D eigenvalue weighted by Crippen LogP contribution is -2.35. The molecule has 1 amide bonds. The van der Waals surface area contributed by atoms with Crippen molar-refractivity contribution in [2.24, 2.45) is 0 Å². The van der Waals surface area contributed by atoms with Gasteiger partial charge < -0.3 is 14.6 Å². The average Bonchev–Trinajstić information content (AvgIpc) is 2.77. The number of rotatable bonds is 6. The van der Waals surface area contributed by atoms with Gasteiger partial charge in [-0.2, -0.15) is 0 Å². The van der Waals surface area contributed by atoms with Gasteiger partial charge >= 0.3 is 5.97 Å². The van der Waals surface area contributed by atoms with Crippen molar-refractivity contribution >= 4 is 46.3 Å². The first-order valence-electron chi connectivity index (χ1n) is 7.72. The van der Waals surface area contributed by atoms with Crippen LogP contribution in [-0.2, 0) is 14.3 Å². The van der Waals surface area contributed by atoms with Crippen molar-refractivity contribution in [1.29, 1.82) is 0 Å². The Morgan fingerprint density at radius 3 is 2.80 bits per heavy atom. The number of thiocarbonyl (C=S) groups is 1. The number of phenols is 1. The van der Waals surface area contributed by atoms with Crippen molar-refractivity contribution in [2.45, 2.75) is 26.9 Å². The summed E-state index contributed by atoms with van der Waals surface area (Å²) in [4.78, 5) is 25.9. The predicted molar refractivity (Wildman–Crippen MR) is 100 cm³/mol. The fraction of sp³-hybridized carbons (Fsp3) is 0.353. The van der Waals surface area contributed by atoms with E-state index in [1.54, 1.807) is 32.1 Å². The molecule has 0 aliphatic carbocycles. The highest BCUT2D eigenvalue weighted by atomic mass is 32.2. The number of amides is 1. The minimum atomic E-state index is -0.504. The van der Waals surface area contributed by atoms with Gasteiger partial charge in [-0.1, -0.05) is 30.0 Å². The van der Waals surface area contributed by atoms with E-state index in [2.05, 4.69) is 0 Å². The quantitative estimate of drug-likeness (QED) is 0.461. The third-order valence-corrected chi connectivity index (χ3v) is 4.49. The largest absolute Gasteiger partial charge is 0.504 e.